The van der Waals surface area contributed by atoms with Crippen LogP contribution in [0.4, 0.5) is 5.95 Å². The average Bonchev–Trinajstić information content (AvgIpc) is 3.22. The summed E-state index contributed by atoms with van der Waals surface area (Å²) in [5.41, 5.74) is 0. The lowest BCUT2D eigenvalue weighted by Gasteiger charge is -2.36. The number of aliphatic imine (C=N–C) groups is 1. The molecule has 1 aliphatic heterocycles. The van der Waals surface area contributed by atoms with Gasteiger partial charge in [-0.15, -0.1) is 24.0 Å². The number of hydrogen-bond donors (Lipinski definition) is 1. The zero-order valence-electron chi connectivity index (χ0n) is 16.1. The van der Waals surface area contributed by atoms with Crippen molar-refractivity contribution in [3.8, 4) is 5.88 Å². The normalized spacial score (nSPS) is 14.6. The van der Waals surface area contributed by atoms with E-state index in [1.54, 1.807) is 19.5 Å². The summed E-state index contributed by atoms with van der Waals surface area (Å²) >= 11 is 3.39. The zero-order chi connectivity index (χ0) is 19.1. The maximum absolute atomic E-state index is 5.26. The molecule has 2 aromatic heterocycles. The first-order valence-electron chi connectivity index (χ1n) is 8.95. The van der Waals surface area contributed by atoms with Crippen molar-refractivity contribution in [2.45, 2.75) is 13.0 Å². The molecule has 2 aromatic rings. The Balaban J connectivity index is 0.00000280. The summed E-state index contributed by atoms with van der Waals surface area (Å²) < 4.78 is 7.96. The average molecular weight is 565 g/mol. The number of guanidine groups is 1. The van der Waals surface area contributed by atoms with Gasteiger partial charge in [0.1, 0.15) is 0 Å². The van der Waals surface area contributed by atoms with Gasteiger partial charge >= 0.3 is 0 Å². The number of halogens is 2. The van der Waals surface area contributed by atoms with Crippen LogP contribution in [0.1, 0.15) is 6.42 Å². The predicted octanol–water partition coefficient (Wildman–Crippen LogP) is 1.85. The van der Waals surface area contributed by atoms with Crippen LogP contribution in [0.2, 0.25) is 0 Å². The highest BCUT2D eigenvalue weighted by Gasteiger charge is 2.22. The van der Waals surface area contributed by atoms with Crippen LogP contribution in [0.25, 0.3) is 0 Å². The minimum atomic E-state index is 0. The number of hydrogen-bond acceptors (Lipinski definition) is 6. The lowest BCUT2D eigenvalue weighted by atomic mass is 10.3. The SMILES string of the molecule is CN=C(NCCCn1cccn1)N1CCN(c2ncc(Br)c(OC)n2)CC1.I. The number of nitrogens with one attached hydrogen (secondary N) is 1. The highest BCUT2D eigenvalue weighted by atomic mass is 127. The molecule has 1 saturated heterocycles. The Morgan fingerprint density at radius 3 is 2.75 bits per heavy atom. The molecular weight excluding hydrogens is 539 g/mol. The van der Waals surface area contributed by atoms with E-state index in [9.17, 15) is 0 Å². The fraction of sp³-hybridized carbons (Fsp3) is 0.529. The third kappa shape index (κ3) is 5.93. The smallest absolute Gasteiger partial charge is 0.232 e. The molecule has 9 nitrogen and oxygen atoms in total. The second-order valence-electron chi connectivity index (χ2n) is 6.10. The molecule has 0 saturated carbocycles. The molecule has 0 radical (unpaired) electrons. The van der Waals surface area contributed by atoms with Gasteiger partial charge in [-0.1, -0.05) is 0 Å². The van der Waals surface area contributed by atoms with Crippen LogP contribution < -0.4 is 15.0 Å². The Morgan fingerprint density at radius 2 is 2.11 bits per heavy atom. The molecule has 0 atom stereocenters. The monoisotopic (exact) mass is 564 g/mol. The van der Waals surface area contributed by atoms with Gasteiger partial charge in [0, 0.05) is 58.7 Å². The lowest BCUT2D eigenvalue weighted by molar-refractivity contribution is 0.365. The first-order valence-corrected chi connectivity index (χ1v) is 9.75. The van der Waals surface area contributed by atoms with E-state index in [1.165, 1.54) is 0 Å². The van der Waals surface area contributed by atoms with Gasteiger partial charge in [0.25, 0.3) is 0 Å². The fourth-order valence-electron chi connectivity index (χ4n) is 2.96. The van der Waals surface area contributed by atoms with Crippen LogP contribution in [0.15, 0.2) is 34.1 Å². The van der Waals surface area contributed by atoms with E-state index in [0.29, 0.717) is 11.8 Å². The molecule has 0 unspecified atom stereocenters. The number of methoxy groups -OCH3 is 1. The molecule has 1 aliphatic rings. The third-order valence-electron chi connectivity index (χ3n) is 4.37. The molecule has 11 heteroatoms. The number of ether oxygens (including phenoxy) is 1. The number of rotatable bonds is 6. The molecule has 0 spiro atoms. The third-order valence-corrected chi connectivity index (χ3v) is 4.92. The van der Waals surface area contributed by atoms with Crippen LogP contribution in [0.5, 0.6) is 5.88 Å². The van der Waals surface area contributed by atoms with Crippen LogP contribution in [0.3, 0.4) is 0 Å². The van der Waals surface area contributed by atoms with E-state index >= 15 is 0 Å². The van der Waals surface area contributed by atoms with Crippen LogP contribution in [-0.4, -0.2) is 77.5 Å². The molecule has 3 rings (SSSR count). The summed E-state index contributed by atoms with van der Waals surface area (Å²) in [7, 11) is 3.43. The Hall–Kier alpha value is -1.63. The lowest BCUT2D eigenvalue weighted by Crippen LogP contribution is -2.53. The van der Waals surface area contributed by atoms with E-state index in [4.69, 9.17) is 4.74 Å². The molecule has 1 N–H and O–H groups in total. The molecule has 154 valence electrons. The van der Waals surface area contributed by atoms with Crippen molar-refractivity contribution in [1.82, 2.24) is 30.0 Å². The van der Waals surface area contributed by atoms with Gasteiger partial charge in [-0.05, 0) is 28.4 Å². The van der Waals surface area contributed by atoms with Gasteiger partial charge in [0.15, 0.2) is 5.96 Å². The van der Waals surface area contributed by atoms with E-state index < -0.39 is 0 Å². The summed E-state index contributed by atoms with van der Waals surface area (Å²) in [5.74, 6) is 2.18. The van der Waals surface area contributed by atoms with E-state index in [0.717, 1.165) is 56.1 Å². The molecule has 0 bridgehead atoms. The van der Waals surface area contributed by atoms with Crippen molar-refractivity contribution in [2.75, 3.05) is 51.8 Å². The maximum Gasteiger partial charge on any atom is 0.232 e. The number of piperazine rings is 1. The summed E-state index contributed by atoms with van der Waals surface area (Å²) in [6.45, 7) is 5.14. The maximum atomic E-state index is 5.26. The standard InChI is InChI=1S/C17H25BrN8O.HI/c1-19-16(20-5-3-7-26-8-4-6-22-26)24-9-11-25(12-10-24)17-21-13-14(18)15(23-17)27-2;/h4,6,8,13H,3,5,7,9-12H2,1-2H3,(H,19,20);1H. The van der Waals surface area contributed by atoms with Gasteiger partial charge in [-0.2, -0.15) is 10.1 Å². The Bertz CT molecular complexity index is 750. The largest absolute Gasteiger partial charge is 0.480 e. The van der Waals surface area contributed by atoms with Crippen molar-refractivity contribution in [2.24, 2.45) is 4.99 Å². The van der Waals surface area contributed by atoms with Gasteiger partial charge in [-0.25, -0.2) is 4.98 Å². The van der Waals surface area contributed by atoms with Crippen molar-refractivity contribution >= 4 is 51.8 Å². The predicted molar refractivity (Wildman–Crippen MR) is 124 cm³/mol. The molecule has 0 aromatic carbocycles. The molecule has 1 fully saturated rings. The van der Waals surface area contributed by atoms with Gasteiger partial charge in [0.05, 0.1) is 17.8 Å². The fourth-order valence-corrected chi connectivity index (χ4v) is 3.32. The van der Waals surface area contributed by atoms with Gasteiger partial charge in [-0.3, -0.25) is 9.67 Å². The van der Waals surface area contributed by atoms with Crippen molar-refractivity contribution < 1.29 is 4.74 Å². The topological polar surface area (TPSA) is 83.7 Å². The number of aromatic nitrogens is 4. The van der Waals surface area contributed by atoms with Crippen LogP contribution >= 0.6 is 39.9 Å². The second kappa shape index (κ2) is 11.4. The van der Waals surface area contributed by atoms with Crippen LogP contribution in [-0.2, 0) is 6.54 Å². The molecular formula is C17H26BrIN8O. The minimum Gasteiger partial charge on any atom is -0.480 e. The second-order valence-corrected chi connectivity index (χ2v) is 6.95. The van der Waals surface area contributed by atoms with Crippen molar-refractivity contribution in [3.63, 3.8) is 0 Å². The molecule has 3 heterocycles. The van der Waals surface area contributed by atoms with Crippen molar-refractivity contribution in [3.05, 3.63) is 29.1 Å². The highest BCUT2D eigenvalue weighted by molar-refractivity contribution is 14.0. The summed E-state index contributed by atoms with van der Waals surface area (Å²) in [6.07, 6.45) is 6.50. The summed E-state index contributed by atoms with van der Waals surface area (Å²) in [4.78, 5) is 17.7. The summed E-state index contributed by atoms with van der Waals surface area (Å²) in [5, 5.41) is 7.66. The van der Waals surface area contributed by atoms with Crippen molar-refractivity contribution in [1.29, 1.82) is 0 Å². The molecule has 0 amide bonds. The molecule has 28 heavy (non-hydrogen) atoms. The first-order chi connectivity index (χ1) is 13.2. The quantitative estimate of drug-likeness (QED) is 0.248. The number of anilines is 1. The minimum absolute atomic E-state index is 0. The van der Waals surface area contributed by atoms with Gasteiger partial charge in [0.2, 0.25) is 11.8 Å². The zero-order valence-corrected chi connectivity index (χ0v) is 20.0. The Morgan fingerprint density at radius 1 is 1.32 bits per heavy atom. The first kappa shape index (κ1) is 22.7. The molecule has 0 aliphatic carbocycles. The highest BCUT2D eigenvalue weighted by Crippen LogP contribution is 2.23. The van der Waals surface area contributed by atoms with E-state index in [2.05, 4.69) is 51.1 Å². The Kier molecular flexibility index (Phi) is 9.22. The van der Waals surface area contributed by atoms with E-state index in [1.807, 2.05) is 24.0 Å². The van der Waals surface area contributed by atoms with E-state index in [-0.39, 0.29) is 24.0 Å². The Labute approximate surface area is 190 Å². The summed E-state index contributed by atoms with van der Waals surface area (Å²) in [6, 6.07) is 1.94. The van der Waals surface area contributed by atoms with Gasteiger partial charge < -0.3 is 19.9 Å². The number of aryl methyl sites for hydroxylation is 1. The number of nitrogens with zero attached hydrogens (tertiary/aromatic N) is 7. The van der Waals surface area contributed by atoms with Crippen LogP contribution in [0, 0.1) is 0 Å².